The molecule has 12 N–H and O–H groups in total. The molecule has 276 valence electrons. The molecule has 2 aliphatic rings. The van der Waals surface area contributed by atoms with E-state index in [9.17, 15) is 24.9 Å². The van der Waals surface area contributed by atoms with E-state index < -0.39 is 73.1 Å². The molecular formula is C28H38N12O9S2. The lowest BCUT2D eigenvalue weighted by Gasteiger charge is -2.22. The van der Waals surface area contributed by atoms with Crippen molar-refractivity contribution in [2.75, 3.05) is 34.5 Å². The van der Waals surface area contributed by atoms with Crippen LogP contribution in [0.25, 0.3) is 22.3 Å². The summed E-state index contributed by atoms with van der Waals surface area (Å²) in [5.74, 6) is -0.320. The molecule has 0 amide bonds. The van der Waals surface area contributed by atoms with Crippen LogP contribution in [0.5, 0.6) is 0 Å². The molecule has 0 radical (unpaired) electrons. The van der Waals surface area contributed by atoms with Crippen LogP contribution in [0.15, 0.2) is 25.3 Å². The Morgan fingerprint density at radius 2 is 1.27 bits per heavy atom. The topological polar surface area (TPSA) is 334 Å². The van der Waals surface area contributed by atoms with Gasteiger partial charge in [0.1, 0.15) is 60.2 Å². The maximum atomic E-state index is 13.2. The first-order valence-electron chi connectivity index (χ1n) is 15.8. The van der Waals surface area contributed by atoms with Crippen LogP contribution in [0.2, 0.25) is 0 Å². The number of rotatable bonds is 15. The summed E-state index contributed by atoms with van der Waals surface area (Å²) < 4.78 is 20.8. The van der Waals surface area contributed by atoms with Crippen molar-refractivity contribution in [2.45, 2.75) is 74.0 Å². The fourth-order valence-electron chi connectivity index (χ4n) is 5.72. The summed E-state index contributed by atoms with van der Waals surface area (Å²) in [7, 11) is 0. The fraction of sp³-hybridized carbons (Fsp3) is 0.571. The Balaban J connectivity index is 1.04. The molecule has 0 saturated carbocycles. The number of nitrogens with two attached hydrogens (primary N) is 4. The Bertz CT molecular complexity index is 1850. The van der Waals surface area contributed by atoms with Gasteiger partial charge in [-0.1, -0.05) is 0 Å². The number of thioether (sulfide) groups is 2. The Kier molecular flexibility index (Phi) is 11.4. The number of nitrogen functional groups attached to an aromatic ring is 2. The molecular weight excluding hydrogens is 713 g/mol. The highest BCUT2D eigenvalue weighted by molar-refractivity contribution is 7.99. The second-order valence-electron chi connectivity index (χ2n) is 11.9. The predicted octanol–water partition coefficient (Wildman–Crippen LogP) is -2.39. The minimum atomic E-state index is -1.35. The van der Waals surface area contributed by atoms with E-state index in [0.29, 0.717) is 33.8 Å². The number of nitrogens with zero attached hydrogens (tertiary/aromatic N) is 8. The third-order valence-electron chi connectivity index (χ3n) is 8.55. The number of hydrogen-bond donors (Lipinski definition) is 8. The van der Waals surface area contributed by atoms with Crippen molar-refractivity contribution in [3.05, 3.63) is 25.3 Å². The number of ether oxygens (including phenoxy) is 3. The van der Waals surface area contributed by atoms with Gasteiger partial charge in [0.05, 0.1) is 18.8 Å². The number of aliphatic carboxylic acids is 1. The first-order valence-corrected chi connectivity index (χ1v) is 18.1. The van der Waals surface area contributed by atoms with Crippen LogP contribution >= 0.6 is 23.5 Å². The van der Waals surface area contributed by atoms with Crippen molar-refractivity contribution < 1.29 is 44.2 Å². The van der Waals surface area contributed by atoms with Crippen molar-refractivity contribution in [2.24, 2.45) is 11.5 Å². The highest BCUT2D eigenvalue weighted by atomic mass is 32.2. The Morgan fingerprint density at radius 3 is 1.84 bits per heavy atom. The van der Waals surface area contributed by atoms with Crippen LogP contribution in [0, 0.1) is 0 Å². The number of carboxylic acid groups (broad SMARTS) is 1. The first kappa shape index (κ1) is 36.8. The smallest absolute Gasteiger partial charge is 0.323 e. The lowest BCUT2D eigenvalue weighted by atomic mass is 10.1. The molecule has 0 spiro atoms. The number of anilines is 2. The zero-order valence-corrected chi connectivity index (χ0v) is 28.5. The van der Waals surface area contributed by atoms with Crippen LogP contribution in [0.3, 0.4) is 0 Å². The van der Waals surface area contributed by atoms with E-state index in [1.54, 1.807) is 0 Å². The van der Waals surface area contributed by atoms with E-state index >= 15 is 0 Å². The van der Waals surface area contributed by atoms with Crippen molar-refractivity contribution >= 4 is 69.4 Å². The van der Waals surface area contributed by atoms with Crippen LogP contribution in [-0.4, -0.2) is 143 Å². The van der Waals surface area contributed by atoms with Crippen LogP contribution in [0.4, 0.5) is 11.6 Å². The molecule has 2 aliphatic heterocycles. The van der Waals surface area contributed by atoms with Crippen molar-refractivity contribution in [3.63, 3.8) is 0 Å². The molecule has 0 aromatic carbocycles. The fourth-order valence-corrected chi connectivity index (χ4v) is 7.90. The maximum Gasteiger partial charge on any atom is 0.323 e. The molecule has 21 nitrogen and oxygen atoms in total. The number of hydrogen-bond acceptors (Lipinski definition) is 20. The average molecular weight is 751 g/mol. The lowest BCUT2D eigenvalue weighted by molar-refractivity contribution is -0.156. The number of esters is 1. The van der Waals surface area contributed by atoms with Crippen LogP contribution in [-0.2, 0) is 23.8 Å². The Labute approximate surface area is 297 Å². The van der Waals surface area contributed by atoms with Gasteiger partial charge in [-0.3, -0.25) is 18.7 Å². The van der Waals surface area contributed by atoms with Gasteiger partial charge in [-0.2, -0.15) is 23.5 Å². The third kappa shape index (κ3) is 7.66. The standard InChI is InChI=1S/C28H38N12O9S2/c29-11(27(44)45)1-3-51-6-14-20(19(43)26(48-14)40-10-38-16-22(32)34-8-36-24(16)40)49-28(46)12(30)2-4-50-5-13-17(41)18(42)25(47-13)39-9-37-15-21(31)33-7-35-23(15)39/h7-14,17-20,25-26,41-43H,1-6,29-30H2,(H,44,45)(H2,31,33,35)(H2,32,34,36)/t11-,12-,13+,14+,17+,18+,19+,20+,25+,26+/m0/s1. The predicted molar refractivity (Wildman–Crippen MR) is 183 cm³/mol. The molecule has 6 rings (SSSR count). The number of aromatic nitrogens is 8. The van der Waals surface area contributed by atoms with Crippen LogP contribution < -0.4 is 22.9 Å². The minimum Gasteiger partial charge on any atom is -0.480 e. The van der Waals surface area contributed by atoms with Crippen LogP contribution in [0.1, 0.15) is 25.3 Å². The van der Waals surface area contributed by atoms with Gasteiger partial charge in [0.15, 0.2) is 41.5 Å². The summed E-state index contributed by atoms with van der Waals surface area (Å²) in [4.78, 5) is 48.9. The molecule has 4 aromatic rings. The number of aliphatic hydroxyl groups excluding tert-OH is 3. The largest absolute Gasteiger partial charge is 0.480 e. The summed E-state index contributed by atoms with van der Waals surface area (Å²) in [6.07, 6.45) is -2.86. The molecule has 0 aliphatic carbocycles. The molecule has 2 saturated heterocycles. The second kappa shape index (κ2) is 15.7. The Hall–Kier alpha value is -3.94. The van der Waals surface area contributed by atoms with E-state index in [-0.39, 0.29) is 36.0 Å². The number of carboxylic acids is 1. The zero-order valence-electron chi connectivity index (χ0n) is 26.9. The summed E-state index contributed by atoms with van der Waals surface area (Å²) in [5, 5.41) is 41.8. The van der Waals surface area contributed by atoms with E-state index in [4.69, 9.17) is 42.3 Å². The van der Waals surface area contributed by atoms with Gasteiger partial charge in [0.2, 0.25) is 0 Å². The molecule has 51 heavy (non-hydrogen) atoms. The summed E-state index contributed by atoms with van der Waals surface area (Å²) in [5.41, 5.74) is 24.9. The number of aliphatic hydroxyl groups is 3. The molecule has 6 heterocycles. The van der Waals surface area contributed by atoms with Gasteiger partial charge in [-0.25, -0.2) is 29.9 Å². The third-order valence-corrected chi connectivity index (χ3v) is 10.7. The average Bonchev–Trinajstić information content (AvgIpc) is 3.87. The molecule has 2 fully saturated rings. The van der Waals surface area contributed by atoms with Gasteiger partial charge in [0, 0.05) is 11.5 Å². The van der Waals surface area contributed by atoms with E-state index in [2.05, 4.69) is 29.9 Å². The Morgan fingerprint density at radius 1 is 0.765 bits per heavy atom. The summed E-state index contributed by atoms with van der Waals surface area (Å²) >= 11 is 2.68. The number of carbonyl (C=O) groups excluding carboxylic acids is 1. The molecule has 4 aromatic heterocycles. The van der Waals surface area contributed by atoms with E-state index in [1.165, 1.54) is 58.0 Å². The molecule has 10 atom stereocenters. The normalized spacial score (nSPS) is 27.6. The van der Waals surface area contributed by atoms with Gasteiger partial charge in [0.25, 0.3) is 0 Å². The van der Waals surface area contributed by atoms with Crippen molar-refractivity contribution in [3.8, 4) is 0 Å². The first-order chi connectivity index (χ1) is 24.5. The number of carbonyl (C=O) groups is 2. The molecule has 0 unspecified atom stereocenters. The summed E-state index contributed by atoms with van der Waals surface area (Å²) in [6.45, 7) is 0. The quantitative estimate of drug-likeness (QED) is 0.0464. The highest BCUT2D eigenvalue weighted by Crippen LogP contribution is 2.36. The number of fused-ring (bicyclic) bond motifs is 2. The zero-order chi connectivity index (χ0) is 36.4. The molecule has 23 heteroatoms. The molecule has 0 bridgehead atoms. The van der Waals surface area contributed by atoms with Gasteiger partial charge in [-0.05, 0) is 24.3 Å². The maximum absolute atomic E-state index is 13.2. The van der Waals surface area contributed by atoms with Gasteiger partial charge >= 0.3 is 11.9 Å². The SMILES string of the molecule is Nc1ncnc2c1ncn2[C@@H]1O[C@H](CSCC[C@H](N)C(=O)O[C@H]2[C@@H](O)[C@H](n3cnc4c(N)ncnc43)O[C@@H]2CSCC[C@H](N)C(=O)O)[C@@H](O)[C@H]1O. The lowest BCUT2D eigenvalue weighted by Crippen LogP contribution is -2.42. The van der Waals surface area contributed by atoms with E-state index in [1.807, 2.05) is 0 Å². The monoisotopic (exact) mass is 750 g/mol. The van der Waals surface area contributed by atoms with E-state index in [0.717, 1.165) is 0 Å². The summed E-state index contributed by atoms with van der Waals surface area (Å²) in [6, 6.07) is -2.10. The van der Waals surface area contributed by atoms with Gasteiger partial charge in [-0.15, -0.1) is 0 Å². The van der Waals surface area contributed by atoms with Crippen molar-refractivity contribution in [1.82, 2.24) is 39.0 Å². The number of imidazole rings is 2. The minimum absolute atomic E-state index is 0.137. The highest BCUT2D eigenvalue weighted by Gasteiger charge is 2.48. The second-order valence-corrected chi connectivity index (χ2v) is 14.2. The van der Waals surface area contributed by atoms with Crippen molar-refractivity contribution in [1.29, 1.82) is 0 Å². The van der Waals surface area contributed by atoms with Gasteiger partial charge < -0.3 is 57.6 Å².